The number of hydrogen-bond acceptors (Lipinski definition) is 3. The lowest BCUT2D eigenvalue weighted by molar-refractivity contribution is 0.418. The molecule has 0 fully saturated rings. The van der Waals surface area contributed by atoms with Crippen LogP contribution in [0.15, 0.2) is 28.9 Å². The Bertz CT molecular complexity index is 237. The summed E-state index contributed by atoms with van der Waals surface area (Å²) < 4.78 is 0. The van der Waals surface area contributed by atoms with E-state index in [1.165, 1.54) is 5.70 Å². The number of fused-ring (bicyclic) bond motifs is 1. The highest BCUT2D eigenvalue weighted by molar-refractivity contribution is 5.95. The van der Waals surface area contributed by atoms with Crippen LogP contribution in [0.1, 0.15) is 6.92 Å². The van der Waals surface area contributed by atoms with Crippen molar-refractivity contribution in [1.29, 1.82) is 0 Å². The summed E-state index contributed by atoms with van der Waals surface area (Å²) in [5.41, 5.74) is 4.31. The second-order valence-electron chi connectivity index (χ2n) is 2.34. The van der Waals surface area contributed by atoms with Crippen molar-refractivity contribution in [2.75, 3.05) is 6.67 Å². The summed E-state index contributed by atoms with van der Waals surface area (Å²) in [6.45, 7) is 2.75. The molecule has 0 unspecified atom stereocenters. The largest absolute Gasteiger partial charge is 0.263 e. The summed E-state index contributed by atoms with van der Waals surface area (Å²) in [4.78, 5) is 4.21. The minimum Gasteiger partial charge on any atom is -0.263 e. The first-order valence-corrected chi connectivity index (χ1v) is 3.31. The average molecular weight is 135 g/mol. The molecule has 3 nitrogen and oxygen atoms in total. The Morgan fingerprint density at radius 1 is 1.70 bits per heavy atom. The number of allylic oxidation sites excluding steroid dienone is 3. The first kappa shape index (κ1) is 5.68. The quantitative estimate of drug-likeness (QED) is 0.527. The Balaban J connectivity index is 2.36. The van der Waals surface area contributed by atoms with E-state index in [9.17, 15) is 0 Å². The molecular weight excluding hydrogens is 126 g/mol. The van der Waals surface area contributed by atoms with E-state index in [1.54, 1.807) is 0 Å². The number of nitrogens with one attached hydrogen (secondary N) is 1. The van der Waals surface area contributed by atoms with E-state index in [1.807, 2.05) is 17.2 Å². The molecule has 0 spiro atoms. The van der Waals surface area contributed by atoms with Crippen molar-refractivity contribution in [3.8, 4) is 0 Å². The smallest absolute Gasteiger partial charge is 0.143 e. The van der Waals surface area contributed by atoms with Gasteiger partial charge in [0.05, 0.1) is 0 Å². The van der Waals surface area contributed by atoms with Crippen LogP contribution in [0.2, 0.25) is 0 Å². The van der Waals surface area contributed by atoms with Crippen molar-refractivity contribution < 1.29 is 0 Å². The van der Waals surface area contributed by atoms with E-state index in [2.05, 4.69) is 23.4 Å². The maximum Gasteiger partial charge on any atom is 0.143 e. The molecule has 0 aliphatic carbocycles. The maximum atomic E-state index is 4.21. The minimum atomic E-state index is 0.699. The summed E-state index contributed by atoms with van der Waals surface area (Å²) in [5.74, 6) is 1.01. The van der Waals surface area contributed by atoms with Crippen molar-refractivity contribution in [1.82, 2.24) is 10.4 Å². The van der Waals surface area contributed by atoms with Gasteiger partial charge in [-0.15, -0.1) is 0 Å². The maximum absolute atomic E-state index is 4.21. The van der Waals surface area contributed by atoms with Crippen LogP contribution in [0.4, 0.5) is 0 Å². The van der Waals surface area contributed by atoms with Crippen molar-refractivity contribution in [2.45, 2.75) is 6.92 Å². The third kappa shape index (κ3) is 0.675. The Hall–Kier alpha value is -1.09. The highest BCUT2D eigenvalue weighted by Crippen LogP contribution is 2.11. The van der Waals surface area contributed by atoms with Crippen molar-refractivity contribution >= 4 is 5.84 Å². The molecule has 0 aromatic heterocycles. The molecule has 0 bridgehead atoms. The Labute approximate surface area is 59.7 Å². The summed E-state index contributed by atoms with van der Waals surface area (Å²) in [6, 6.07) is 0. The van der Waals surface area contributed by atoms with E-state index in [0.717, 1.165) is 5.84 Å². The van der Waals surface area contributed by atoms with Gasteiger partial charge >= 0.3 is 0 Å². The van der Waals surface area contributed by atoms with Crippen LogP contribution < -0.4 is 5.43 Å². The Morgan fingerprint density at radius 3 is 3.40 bits per heavy atom. The molecule has 0 aromatic rings. The first-order chi connectivity index (χ1) is 4.88. The van der Waals surface area contributed by atoms with E-state index < -0.39 is 0 Å². The van der Waals surface area contributed by atoms with Crippen LogP contribution in [0.5, 0.6) is 0 Å². The zero-order chi connectivity index (χ0) is 6.97. The van der Waals surface area contributed by atoms with Gasteiger partial charge < -0.3 is 0 Å². The topological polar surface area (TPSA) is 27.6 Å². The van der Waals surface area contributed by atoms with Gasteiger partial charge in [-0.2, -0.15) is 0 Å². The van der Waals surface area contributed by atoms with Crippen molar-refractivity contribution in [3.05, 3.63) is 23.9 Å². The van der Waals surface area contributed by atoms with E-state index >= 15 is 0 Å². The molecule has 2 heterocycles. The highest BCUT2D eigenvalue weighted by atomic mass is 15.6. The fourth-order valence-corrected chi connectivity index (χ4v) is 1.12. The minimum absolute atomic E-state index is 0.699. The van der Waals surface area contributed by atoms with Crippen LogP contribution in [0, 0.1) is 0 Å². The second kappa shape index (κ2) is 1.95. The second-order valence-corrected chi connectivity index (χ2v) is 2.34. The molecule has 0 aromatic carbocycles. The van der Waals surface area contributed by atoms with Crippen molar-refractivity contribution in [3.63, 3.8) is 0 Å². The van der Waals surface area contributed by atoms with Gasteiger partial charge in [0.2, 0.25) is 0 Å². The van der Waals surface area contributed by atoms with Crippen LogP contribution in [-0.4, -0.2) is 17.5 Å². The summed E-state index contributed by atoms with van der Waals surface area (Å²) in [5, 5.41) is 1.99. The lowest BCUT2D eigenvalue weighted by atomic mass is 10.3. The SMILES string of the molecule is CC1=CC=CC2=NCNN12. The number of hydrogen-bond donors (Lipinski definition) is 1. The van der Waals surface area contributed by atoms with Gasteiger partial charge in [-0.05, 0) is 19.1 Å². The summed E-state index contributed by atoms with van der Waals surface area (Å²) >= 11 is 0. The normalized spacial score (nSPS) is 22.3. The number of amidine groups is 1. The molecule has 52 valence electrons. The van der Waals surface area contributed by atoms with Gasteiger partial charge in [0, 0.05) is 5.70 Å². The van der Waals surface area contributed by atoms with Crippen LogP contribution in [0.25, 0.3) is 0 Å². The molecule has 3 heteroatoms. The predicted octanol–water partition coefficient (Wildman–Crippen LogP) is 0.636. The summed E-state index contributed by atoms with van der Waals surface area (Å²) in [6.07, 6.45) is 6.06. The number of nitrogens with zero attached hydrogens (tertiary/aromatic N) is 2. The zero-order valence-electron chi connectivity index (χ0n) is 5.83. The van der Waals surface area contributed by atoms with Gasteiger partial charge in [-0.1, -0.05) is 6.08 Å². The zero-order valence-corrected chi connectivity index (χ0v) is 5.83. The molecule has 2 rings (SSSR count). The molecule has 0 atom stereocenters. The van der Waals surface area contributed by atoms with Crippen molar-refractivity contribution in [2.24, 2.45) is 4.99 Å². The fraction of sp³-hybridized carbons (Fsp3) is 0.286. The standard InChI is InChI=1S/C7H9N3/c1-6-3-2-4-7-8-5-9-10(6)7/h2-4,9H,5H2,1H3. The number of hydrazine groups is 1. The Morgan fingerprint density at radius 2 is 2.60 bits per heavy atom. The predicted molar refractivity (Wildman–Crippen MR) is 40.2 cm³/mol. The molecule has 2 aliphatic heterocycles. The van der Waals surface area contributed by atoms with Gasteiger partial charge in [0.25, 0.3) is 0 Å². The van der Waals surface area contributed by atoms with Gasteiger partial charge in [-0.25, -0.2) is 10.4 Å². The van der Waals surface area contributed by atoms with E-state index in [4.69, 9.17) is 0 Å². The van der Waals surface area contributed by atoms with Gasteiger partial charge in [-0.3, -0.25) is 5.01 Å². The fourth-order valence-electron chi connectivity index (χ4n) is 1.12. The molecule has 10 heavy (non-hydrogen) atoms. The molecular formula is C7H9N3. The average Bonchev–Trinajstić information content (AvgIpc) is 2.36. The van der Waals surface area contributed by atoms with Crippen LogP contribution in [0.3, 0.4) is 0 Å². The van der Waals surface area contributed by atoms with Crippen LogP contribution >= 0.6 is 0 Å². The lowest BCUT2D eigenvalue weighted by Crippen LogP contribution is -2.35. The number of aliphatic imine (C=N–C) groups is 1. The van der Waals surface area contributed by atoms with Crippen LogP contribution in [-0.2, 0) is 0 Å². The molecule has 0 saturated heterocycles. The monoisotopic (exact) mass is 135 g/mol. The van der Waals surface area contributed by atoms with E-state index in [0.29, 0.717) is 6.67 Å². The van der Waals surface area contributed by atoms with Gasteiger partial charge in [0.1, 0.15) is 12.5 Å². The molecule has 0 radical (unpaired) electrons. The Kier molecular flexibility index (Phi) is 1.11. The third-order valence-corrected chi connectivity index (χ3v) is 1.63. The van der Waals surface area contributed by atoms with E-state index in [-0.39, 0.29) is 0 Å². The molecule has 2 aliphatic rings. The highest BCUT2D eigenvalue weighted by Gasteiger charge is 2.16. The van der Waals surface area contributed by atoms with Gasteiger partial charge in [0.15, 0.2) is 0 Å². The first-order valence-electron chi connectivity index (χ1n) is 3.31. The summed E-state index contributed by atoms with van der Waals surface area (Å²) in [7, 11) is 0. The third-order valence-electron chi connectivity index (χ3n) is 1.63. The molecule has 0 saturated carbocycles. The molecule has 0 amide bonds. The number of rotatable bonds is 0. The lowest BCUT2D eigenvalue weighted by Gasteiger charge is -2.20. The molecule has 1 N–H and O–H groups in total.